The smallest absolute Gasteiger partial charge is 0.336 e. The second-order valence-electron chi connectivity index (χ2n) is 5.12. The Morgan fingerprint density at radius 3 is 2.33 bits per heavy atom. The Kier molecular flexibility index (Phi) is 6.66. The first-order valence-electron chi connectivity index (χ1n) is 7.17. The van der Waals surface area contributed by atoms with Gasteiger partial charge in [0.25, 0.3) is 0 Å². The molecule has 21 heavy (non-hydrogen) atoms. The second kappa shape index (κ2) is 8.25. The van der Waals surface area contributed by atoms with Gasteiger partial charge in [-0.1, -0.05) is 44.2 Å². The molecule has 0 saturated carbocycles. The van der Waals surface area contributed by atoms with E-state index in [2.05, 4.69) is 5.32 Å². The first kappa shape index (κ1) is 17.0. The maximum Gasteiger partial charge on any atom is 0.336 e. The van der Waals surface area contributed by atoms with Crippen LogP contribution in [0.15, 0.2) is 41.6 Å². The molecule has 0 atom stereocenters. The Labute approximate surface area is 126 Å². The molecule has 1 N–H and O–H groups in total. The van der Waals surface area contributed by atoms with E-state index in [4.69, 9.17) is 4.74 Å². The van der Waals surface area contributed by atoms with E-state index in [0.29, 0.717) is 17.9 Å². The number of hydrogen-bond acceptors (Lipinski definition) is 3. The highest BCUT2D eigenvalue weighted by Crippen LogP contribution is 2.15. The number of nitrogens with one attached hydrogen (secondary N) is 1. The molecule has 4 nitrogen and oxygen atoms in total. The van der Waals surface area contributed by atoms with Gasteiger partial charge in [-0.3, -0.25) is 4.79 Å². The van der Waals surface area contributed by atoms with Crippen LogP contribution in [0.25, 0.3) is 0 Å². The first-order valence-corrected chi connectivity index (χ1v) is 7.17. The minimum atomic E-state index is -0.370. The third kappa shape index (κ3) is 5.42. The summed E-state index contributed by atoms with van der Waals surface area (Å²) in [5, 5.41) is 2.79. The monoisotopic (exact) mass is 289 g/mol. The van der Waals surface area contributed by atoms with Gasteiger partial charge < -0.3 is 10.1 Å². The average Bonchev–Trinajstić information content (AvgIpc) is 2.39. The summed E-state index contributed by atoms with van der Waals surface area (Å²) in [7, 11) is 0. The van der Waals surface area contributed by atoms with Crippen molar-refractivity contribution >= 4 is 11.9 Å². The van der Waals surface area contributed by atoms with Crippen LogP contribution in [-0.2, 0) is 20.7 Å². The highest BCUT2D eigenvalue weighted by atomic mass is 16.5. The number of hydrogen-bond donors (Lipinski definition) is 1. The standard InChI is InChI=1S/C17H23NO3/c1-5-21-17(20)16(12(2)3)13(4)18-15(19)11-14-9-7-6-8-10-14/h6-10,12H,5,11H2,1-4H3,(H,18,19)/b16-13-. The zero-order chi connectivity index (χ0) is 15.8. The van der Waals surface area contributed by atoms with Crippen molar-refractivity contribution in [3.05, 3.63) is 47.2 Å². The highest BCUT2D eigenvalue weighted by Gasteiger charge is 2.19. The van der Waals surface area contributed by atoms with Gasteiger partial charge in [0.2, 0.25) is 5.91 Å². The van der Waals surface area contributed by atoms with Crippen LogP contribution in [0.3, 0.4) is 0 Å². The number of esters is 1. The Morgan fingerprint density at radius 2 is 1.81 bits per heavy atom. The van der Waals surface area contributed by atoms with E-state index in [1.165, 1.54) is 0 Å². The summed E-state index contributed by atoms with van der Waals surface area (Å²) in [5.74, 6) is -0.521. The molecule has 0 aliphatic heterocycles. The van der Waals surface area contributed by atoms with Gasteiger partial charge in [0.15, 0.2) is 0 Å². The van der Waals surface area contributed by atoms with Crippen molar-refractivity contribution in [1.82, 2.24) is 5.32 Å². The quantitative estimate of drug-likeness (QED) is 0.647. The molecule has 0 radical (unpaired) electrons. The van der Waals surface area contributed by atoms with Gasteiger partial charge in [0.1, 0.15) is 0 Å². The SMILES string of the molecule is CCOC(=O)/C(=C(/C)NC(=O)Cc1ccccc1)C(C)C. The molecule has 1 aromatic rings. The average molecular weight is 289 g/mol. The molecule has 1 rings (SSSR count). The number of rotatable bonds is 6. The van der Waals surface area contributed by atoms with Crippen LogP contribution >= 0.6 is 0 Å². The van der Waals surface area contributed by atoms with Gasteiger partial charge in [-0.05, 0) is 25.3 Å². The molecule has 0 unspecified atom stereocenters. The lowest BCUT2D eigenvalue weighted by Crippen LogP contribution is -2.27. The fraction of sp³-hybridized carbons (Fsp3) is 0.412. The van der Waals surface area contributed by atoms with Gasteiger partial charge in [0, 0.05) is 5.70 Å². The summed E-state index contributed by atoms with van der Waals surface area (Å²) in [6.45, 7) is 7.62. The Bertz CT molecular complexity index is 518. The lowest BCUT2D eigenvalue weighted by molar-refractivity contribution is -0.139. The van der Waals surface area contributed by atoms with Gasteiger partial charge in [-0.15, -0.1) is 0 Å². The maximum atomic E-state index is 12.0. The fourth-order valence-corrected chi connectivity index (χ4v) is 2.13. The number of benzene rings is 1. The summed E-state index contributed by atoms with van der Waals surface area (Å²) in [5.41, 5.74) is 2.01. The van der Waals surface area contributed by atoms with Crippen molar-refractivity contribution in [3.63, 3.8) is 0 Å². The molecule has 4 heteroatoms. The maximum absolute atomic E-state index is 12.0. The minimum absolute atomic E-state index is 0.0129. The van der Waals surface area contributed by atoms with E-state index in [-0.39, 0.29) is 24.2 Å². The van der Waals surface area contributed by atoms with E-state index < -0.39 is 0 Å². The van der Waals surface area contributed by atoms with Crippen molar-refractivity contribution in [2.75, 3.05) is 6.61 Å². The van der Waals surface area contributed by atoms with Gasteiger partial charge in [-0.25, -0.2) is 4.79 Å². The van der Waals surface area contributed by atoms with Gasteiger partial charge >= 0.3 is 5.97 Å². The summed E-state index contributed by atoms with van der Waals surface area (Å²) in [4.78, 5) is 24.0. The molecule has 1 aromatic carbocycles. The van der Waals surface area contributed by atoms with Crippen LogP contribution in [0.5, 0.6) is 0 Å². The van der Waals surface area contributed by atoms with Crippen molar-refractivity contribution < 1.29 is 14.3 Å². The minimum Gasteiger partial charge on any atom is -0.463 e. The summed E-state index contributed by atoms with van der Waals surface area (Å²) < 4.78 is 5.04. The normalized spacial score (nSPS) is 11.9. The first-order chi connectivity index (χ1) is 9.95. The predicted molar refractivity (Wildman–Crippen MR) is 82.5 cm³/mol. The van der Waals surface area contributed by atoms with Crippen LogP contribution < -0.4 is 5.32 Å². The Morgan fingerprint density at radius 1 is 1.19 bits per heavy atom. The molecule has 0 spiro atoms. The van der Waals surface area contributed by atoms with E-state index in [1.807, 2.05) is 44.2 Å². The molecule has 0 saturated heterocycles. The van der Waals surface area contributed by atoms with Crippen molar-refractivity contribution in [2.24, 2.45) is 5.92 Å². The van der Waals surface area contributed by atoms with Gasteiger partial charge in [-0.2, -0.15) is 0 Å². The number of carbonyl (C=O) groups excluding carboxylic acids is 2. The molecule has 0 bridgehead atoms. The van der Waals surface area contributed by atoms with Crippen LogP contribution in [0.4, 0.5) is 0 Å². The zero-order valence-corrected chi connectivity index (χ0v) is 13.1. The number of ether oxygens (including phenoxy) is 1. The largest absolute Gasteiger partial charge is 0.463 e. The lowest BCUT2D eigenvalue weighted by atomic mass is 10.0. The van der Waals surface area contributed by atoms with Crippen LogP contribution in [-0.4, -0.2) is 18.5 Å². The lowest BCUT2D eigenvalue weighted by Gasteiger charge is -2.15. The number of amides is 1. The van der Waals surface area contributed by atoms with Crippen molar-refractivity contribution in [1.29, 1.82) is 0 Å². The third-order valence-electron chi connectivity index (χ3n) is 3.01. The van der Waals surface area contributed by atoms with Crippen molar-refractivity contribution in [3.8, 4) is 0 Å². The molecule has 0 fully saturated rings. The molecule has 0 aliphatic rings. The molecule has 0 heterocycles. The van der Waals surface area contributed by atoms with Crippen molar-refractivity contribution in [2.45, 2.75) is 34.1 Å². The molecule has 114 valence electrons. The summed E-state index contributed by atoms with van der Waals surface area (Å²) in [6.07, 6.45) is 0.284. The molecular weight excluding hydrogens is 266 g/mol. The molecule has 0 aromatic heterocycles. The van der Waals surface area contributed by atoms with E-state index >= 15 is 0 Å². The Balaban J connectivity index is 2.79. The summed E-state index contributed by atoms with van der Waals surface area (Å²) in [6, 6.07) is 9.48. The molecule has 1 amide bonds. The third-order valence-corrected chi connectivity index (χ3v) is 3.01. The number of allylic oxidation sites excluding steroid dienone is 1. The van der Waals surface area contributed by atoms with Crippen LogP contribution in [0, 0.1) is 5.92 Å². The molecular formula is C17H23NO3. The van der Waals surface area contributed by atoms with Gasteiger partial charge in [0.05, 0.1) is 18.6 Å². The van der Waals surface area contributed by atoms with E-state index in [0.717, 1.165) is 5.56 Å². The van der Waals surface area contributed by atoms with Crippen LogP contribution in [0.1, 0.15) is 33.3 Å². The van der Waals surface area contributed by atoms with E-state index in [1.54, 1.807) is 13.8 Å². The zero-order valence-electron chi connectivity index (χ0n) is 13.1. The Hall–Kier alpha value is -2.10. The van der Waals surface area contributed by atoms with Crippen LogP contribution in [0.2, 0.25) is 0 Å². The second-order valence-corrected chi connectivity index (χ2v) is 5.12. The highest BCUT2D eigenvalue weighted by molar-refractivity contribution is 5.91. The van der Waals surface area contributed by atoms with E-state index in [9.17, 15) is 9.59 Å². The molecule has 0 aliphatic carbocycles. The predicted octanol–water partition coefficient (Wildman–Crippen LogP) is 2.84. The summed E-state index contributed by atoms with van der Waals surface area (Å²) >= 11 is 0. The number of carbonyl (C=O) groups is 2. The fourth-order valence-electron chi connectivity index (χ4n) is 2.13. The topological polar surface area (TPSA) is 55.4 Å².